The van der Waals surface area contributed by atoms with Gasteiger partial charge in [-0.3, -0.25) is 0 Å². The van der Waals surface area contributed by atoms with Crippen molar-refractivity contribution < 1.29 is 23.0 Å². The van der Waals surface area contributed by atoms with E-state index in [4.69, 9.17) is 9.47 Å². The molecule has 0 aliphatic carbocycles. The van der Waals surface area contributed by atoms with Crippen molar-refractivity contribution in [3.8, 4) is 0 Å². The molecule has 1 saturated heterocycles. The van der Waals surface area contributed by atoms with Gasteiger partial charge in [0.1, 0.15) is 18.0 Å². The second kappa shape index (κ2) is 7.97. The zero-order valence-corrected chi connectivity index (χ0v) is 14.3. The molecule has 1 heterocycles. The molecule has 2 aromatic rings. The maximum atomic E-state index is 14.5. The van der Waals surface area contributed by atoms with Crippen molar-refractivity contribution in [2.75, 3.05) is 12.4 Å². The van der Waals surface area contributed by atoms with Crippen LogP contribution in [0.25, 0.3) is 0 Å². The molecule has 0 saturated carbocycles. The first-order valence-corrected chi connectivity index (χ1v) is 8.99. The molecule has 1 aliphatic heterocycles. The molecule has 0 amide bonds. The lowest BCUT2D eigenvalue weighted by Crippen LogP contribution is -2.41. The molecule has 1 fully saturated rings. The van der Waals surface area contributed by atoms with Gasteiger partial charge in [-0.2, -0.15) is 0 Å². The zero-order chi connectivity index (χ0) is 17.7. The molecule has 6 heteroatoms. The van der Waals surface area contributed by atoms with Crippen LogP contribution in [0.3, 0.4) is 0 Å². The second-order valence-corrected chi connectivity index (χ2v) is 6.98. The number of rotatable bonds is 6. The number of esters is 1. The summed E-state index contributed by atoms with van der Waals surface area (Å²) < 4.78 is 39.5. The lowest BCUT2D eigenvalue weighted by atomic mass is 10.1. The van der Waals surface area contributed by atoms with Crippen molar-refractivity contribution in [2.45, 2.75) is 23.9 Å². The maximum Gasteiger partial charge on any atom is 0.338 e. The Bertz CT molecular complexity index is 694. The zero-order valence-electron chi connectivity index (χ0n) is 13.4. The van der Waals surface area contributed by atoms with Crippen LogP contribution >= 0.6 is 11.8 Å². The van der Waals surface area contributed by atoms with Crippen molar-refractivity contribution in [1.29, 1.82) is 0 Å². The maximum absolute atomic E-state index is 14.5. The van der Waals surface area contributed by atoms with Crippen LogP contribution in [0, 0.1) is 0 Å². The van der Waals surface area contributed by atoms with Crippen molar-refractivity contribution in [3.63, 3.8) is 0 Å². The molecular weight excluding hydrogens is 346 g/mol. The lowest BCUT2D eigenvalue weighted by molar-refractivity contribution is -0.129. The molecular formula is C19H18F2O3S. The van der Waals surface area contributed by atoms with Gasteiger partial charge in [0.2, 0.25) is 0 Å². The molecule has 0 radical (unpaired) electrons. The van der Waals surface area contributed by atoms with Crippen LogP contribution in [0.1, 0.15) is 15.9 Å². The molecule has 2 aromatic carbocycles. The van der Waals surface area contributed by atoms with E-state index < -0.39 is 23.2 Å². The Morgan fingerprint density at radius 3 is 2.40 bits per heavy atom. The van der Waals surface area contributed by atoms with Gasteiger partial charge in [-0.1, -0.05) is 48.5 Å². The first-order valence-electron chi connectivity index (χ1n) is 7.94. The molecule has 2 atom stereocenters. The van der Waals surface area contributed by atoms with Gasteiger partial charge in [-0.05, 0) is 17.7 Å². The van der Waals surface area contributed by atoms with E-state index in [9.17, 15) is 13.6 Å². The average molecular weight is 364 g/mol. The standard InChI is InChI=1S/C19H18F2O3S/c20-19(21)16(23-11-14-7-3-1-4-8-14)13-25-17(19)12-24-18(22)15-9-5-2-6-10-15/h1-10,16-17H,11-13H2. The van der Waals surface area contributed by atoms with Gasteiger partial charge in [-0.15, -0.1) is 11.8 Å². The van der Waals surface area contributed by atoms with Gasteiger partial charge in [0.15, 0.2) is 0 Å². The van der Waals surface area contributed by atoms with Gasteiger partial charge >= 0.3 is 5.97 Å². The number of hydrogen-bond donors (Lipinski definition) is 0. The van der Waals surface area contributed by atoms with Crippen LogP contribution in [0.2, 0.25) is 0 Å². The summed E-state index contributed by atoms with van der Waals surface area (Å²) in [6, 6.07) is 17.6. The van der Waals surface area contributed by atoms with Crippen LogP contribution in [0.15, 0.2) is 60.7 Å². The third kappa shape index (κ3) is 4.38. The summed E-state index contributed by atoms with van der Waals surface area (Å²) in [7, 11) is 0. The smallest absolute Gasteiger partial charge is 0.338 e. The Labute approximate surface area is 149 Å². The number of alkyl halides is 2. The Morgan fingerprint density at radius 1 is 1.08 bits per heavy atom. The normalized spacial score (nSPS) is 21.8. The average Bonchev–Trinajstić information content (AvgIpc) is 2.93. The number of ether oxygens (including phenoxy) is 2. The van der Waals surface area contributed by atoms with E-state index in [1.807, 2.05) is 30.3 Å². The van der Waals surface area contributed by atoms with E-state index in [0.717, 1.165) is 17.3 Å². The number of benzene rings is 2. The van der Waals surface area contributed by atoms with Crippen molar-refractivity contribution >= 4 is 17.7 Å². The summed E-state index contributed by atoms with van der Waals surface area (Å²) in [5.74, 6) is -3.46. The number of hydrogen-bond acceptors (Lipinski definition) is 4. The second-order valence-electron chi connectivity index (χ2n) is 5.75. The van der Waals surface area contributed by atoms with Crippen LogP contribution < -0.4 is 0 Å². The summed E-state index contributed by atoms with van der Waals surface area (Å²) in [6.45, 7) is -0.200. The van der Waals surface area contributed by atoms with Gasteiger partial charge < -0.3 is 9.47 Å². The first-order chi connectivity index (χ1) is 12.1. The van der Waals surface area contributed by atoms with Crippen molar-refractivity contribution in [1.82, 2.24) is 0 Å². The predicted octanol–water partition coefficient (Wildman–Crippen LogP) is 4.18. The van der Waals surface area contributed by atoms with Gasteiger partial charge in [0.05, 0.1) is 12.2 Å². The highest BCUT2D eigenvalue weighted by Crippen LogP contribution is 2.42. The highest BCUT2D eigenvalue weighted by molar-refractivity contribution is 8.00. The van der Waals surface area contributed by atoms with E-state index in [1.165, 1.54) is 0 Å². The Morgan fingerprint density at radius 2 is 1.72 bits per heavy atom. The van der Waals surface area contributed by atoms with E-state index in [-0.39, 0.29) is 19.0 Å². The summed E-state index contributed by atoms with van der Waals surface area (Å²) >= 11 is 1.08. The van der Waals surface area contributed by atoms with Crippen LogP contribution in [-0.2, 0) is 16.1 Å². The summed E-state index contributed by atoms with van der Waals surface area (Å²) in [4.78, 5) is 11.9. The highest BCUT2D eigenvalue weighted by atomic mass is 32.2. The third-order valence-corrected chi connectivity index (χ3v) is 5.32. The molecule has 3 rings (SSSR count). The van der Waals surface area contributed by atoms with E-state index in [0.29, 0.717) is 5.56 Å². The topological polar surface area (TPSA) is 35.5 Å². The molecule has 0 N–H and O–H groups in total. The molecule has 2 unspecified atom stereocenters. The number of halogens is 2. The molecule has 0 spiro atoms. The minimum Gasteiger partial charge on any atom is -0.461 e. The minimum absolute atomic E-state index is 0.137. The predicted molar refractivity (Wildman–Crippen MR) is 92.9 cm³/mol. The number of carbonyl (C=O) groups is 1. The first kappa shape index (κ1) is 17.9. The van der Waals surface area contributed by atoms with Crippen LogP contribution in [-0.4, -0.2) is 35.6 Å². The van der Waals surface area contributed by atoms with Crippen LogP contribution in [0.4, 0.5) is 8.78 Å². The Kier molecular flexibility index (Phi) is 5.71. The Hall–Kier alpha value is -1.92. The van der Waals surface area contributed by atoms with E-state index in [2.05, 4.69) is 0 Å². The molecule has 132 valence electrons. The van der Waals surface area contributed by atoms with Gasteiger partial charge in [0.25, 0.3) is 5.92 Å². The van der Waals surface area contributed by atoms with Gasteiger partial charge in [0, 0.05) is 5.75 Å². The molecule has 1 aliphatic rings. The van der Waals surface area contributed by atoms with Gasteiger partial charge in [-0.25, -0.2) is 13.6 Å². The summed E-state index contributed by atoms with van der Waals surface area (Å²) in [5.41, 5.74) is 1.20. The van der Waals surface area contributed by atoms with Crippen LogP contribution in [0.5, 0.6) is 0 Å². The molecule has 0 bridgehead atoms. The summed E-state index contributed by atoms with van der Waals surface area (Å²) in [5, 5.41) is -1.10. The third-order valence-electron chi connectivity index (χ3n) is 3.98. The lowest BCUT2D eigenvalue weighted by Gasteiger charge is -2.23. The Balaban J connectivity index is 1.52. The SMILES string of the molecule is O=C(OCC1SCC(OCc2ccccc2)C1(F)F)c1ccccc1. The van der Waals surface area contributed by atoms with Crippen molar-refractivity contribution in [2.24, 2.45) is 0 Å². The van der Waals surface area contributed by atoms with Crippen molar-refractivity contribution in [3.05, 3.63) is 71.8 Å². The van der Waals surface area contributed by atoms with E-state index >= 15 is 0 Å². The fraction of sp³-hybridized carbons (Fsp3) is 0.316. The largest absolute Gasteiger partial charge is 0.461 e. The quantitative estimate of drug-likeness (QED) is 0.721. The molecule has 0 aromatic heterocycles. The number of thioether (sulfide) groups is 1. The molecule has 25 heavy (non-hydrogen) atoms. The minimum atomic E-state index is -3.05. The highest BCUT2D eigenvalue weighted by Gasteiger charge is 2.54. The monoisotopic (exact) mass is 364 g/mol. The number of carbonyl (C=O) groups excluding carboxylic acids is 1. The fourth-order valence-electron chi connectivity index (χ4n) is 2.53. The van der Waals surface area contributed by atoms with E-state index in [1.54, 1.807) is 30.3 Å². The molecule has 3 nitrogen and oxygen atoms in total. The fourth-order valence-corrected chi connectivity index (χ4v) is 3.80. The summed E-state index contributed by atoms with van der Waals surface area (Å²) in [6.07, 6.45) is -1.18.